The number of hydrazine groups is 1. The summed E-state index contributed by atoms with van der Waals surface area (Å²) in [6, 6.07) is 1.68. The van der Waals surface area contributed by atoms with E-state index in [1.165, 1.54) is 10.7 Å². The summed E-state index contributed by atoms with van der Waals surface area (Å²) in [4.78, 5) is 15.2. The predicted octanol–water partition coefficient (Wildman–Crippen LogP) is -0.653. The van der Waals surface area contributed by atoms with Gasteiger partial charge in [-0.2, -0.15) is 9.61 Å². The lowest BCUT2D eigenvalue weighted by molar-refractivity contribution is 0.0949. The van der Waals surface area contributed by atoms with Crippen LogP contribution in [0.15, 0.2) is 12.3 Å². The van der Waals surface area contributed by atoms with E-state index in [1.54, 1.807) is 13.0 Å². The molecule has 0 unspecified atom stereocenters. The molecule has 0 radical (unpaired) electrons. The number of hydrogen-bond acceptors (Lipinski definition) is 5. The zero-order chi connectivity index (χ0) is 11.0. The van der Waals surface area contributed by atoms with Gasteiger partial charge in [0.15, 0.2) is 5.65 Å². The van der Waals surface area contributed by atoms with Crippen molar-refractivity contribution in [3.05, 3.63) is 23.5 Å². The van der Waals surface area contributed by atoms with Crippen LogP contribution in [0.1, 0.15) is 16.1 Å². The van der Waals surface area contributed by atoms with E-state index in [1.807, 2.05) is 5.43 Å². The highest BCUT2D eigenvalue weighted by Gasteiger charge is 2.14. The molecule has 0 bridgehead atoms. The third-order valence-corrected chi connectivity index (χ3v) is 1.96. The van der Waals surface area contributed by atoms with Crippen LogP contribution in [-0.4, -0.2) is 25.6 Å². The van der Waals surface area contributed by atoms with Crippen molar-refractivity contribution >= 4 is 11.6 Å². The number of nitrogens with zero attached hydrogens (tertiary/aromatic N) is 3. The first kappa shape index (κ1) is 9.41. The molecular weight excluding hydrogens is 198 g/mol. The summed E-state index contributed by atoms with van der Waals surface area (Å²) in [6.07, 6.45) is 1.24. The van der Waals surface area contributed by atoms with Gasteiger partial charge in [0.2, 0.25) is 5.88 Å². The highest BCUT2D eigenvalue weighted by Crippen LogP contribution is 2.17. The lowest BCUT2D eigenvalue weighted by Gasteiger charge is -2.03. The third kappa shape index (κ3) is 1.38. The first-order valence-corrected chi connectivity index (χ1v) is 4.19. The Kier molecular flexibility index (Phi) is 2.01. The van der Waals surface area contributed by atoms with Gasteiger partial charge in [-0.15, -0.1) is 0 Å². The maximum absolute atomic E-state index is 11.2. The van der Waals surface area contributed by atoms with Gasteiger partial charge in [-0.05, 0) is 6.92 Å². The van der Waals surface area contributed by atoms with E-state index in [0.717, 1.165) is 0 Å². The molecule has 78 valence electrons. The topological polar surface area (TPSA) is 106 Å². The van der Waals surface area contributed by atoms with E-state index in [2.05, 4.69) is 10.1 Å². The number of carbonyl (C=O) groups is 1. The van der Waals surface area contributed by atoms with Crippen molar-refractivity contribution in [2.45, 2.75) is 6.92 Å². The average molecular weight is 207 g/mol. The Labute approximate surface area is 84.5 Å². The molecule has 0 saturated heterocycles. The molecular formula is C8H9N5O2. The molecule has 0 aromatic carbocycles. The van der Waals surface area contributed by atoms with Gasteiger partial charge in [-0.3, -0.25) is 10.2 Å². The van der Waals surface area contributed by atoms with Gasteiger partial charge in [0.1, 0.15) is 5.56 Å². The Morgan fingerprint density at radius 3 is 3.07 bits per heavy atom. The molecule has 0 saturated carbocycles. The first-order valence-electron chi connectivity index (χ1n) is 4.19. The number of carbonyl (C=O) groups excluding carboxylic acids is 1. The molecule has 7 heteroatoms. The zero-order valence-electron chi connectivity index (χ0n) is 7.93. The van der Waals surface area contributed by atoms with Crippen molar-refractivity contribution in [3.8, 4) is 5.88 Å². The monoisotopic (exact) mass is 207 g/mol. The number of aryl methyl sites for hydroxylation is 1. The summed E-state index contributed by atoms with van der Waals surface area (Å²) in [5.74, 6) is 4.06. The molecule has 0 aliphatic heterocycles. The second kappa shape index (κ2) is 3.21. The molecule has 2 heterocycles. The fraction of sp³-hybridized carbons (Fsp3) is 0.125. The van der Waals surface area contributed by atoms with Crippen molar-refractivity contribution in [2.75, 3.05) is 0 Å². The second-order valence-electron chi connectivity index (χ2n) is 3.02. The fourth-order valence-corrected chi connectivity index (χ4v) is 1.27. The van der Waals surface area contributed by atoms with Crippen LogP contribution in [0.3, 0.4) is 0 Å². The Bertz CT molecular complexity index is 533. The second-order valence-corrected chi connectivity index (χ2v) is 3.02. The molecule has 0 aliphatic carbocycles. The third-order valence-electron chi connectivity index (χ3n) is 1.96. The van der Waals surface area contributed by atoms with Gasteiger partial charge < -0.3 is 5.11 Å². The normalized spacial score (nSPS) is 10.5. The summed E-state index contributed by atoms with van der Waals surface area (Å²) in [5.41, 5.74) is 3.06. The molecule has 15 heavy (non-hydrogen) atoms. The summed E-state index contributed by atoms with van der Waals surface area (Å²) >= 11 is 0. The highest BCUT2D eigenvalue weighted by atomic mass is 16.3. The number of nitrogens with two attached hydrogens (primary N) is 1. The van der Waals surface area contributed by atoms with Crippen molar-refractivity contribution in [2.24, 2.45) is 5.84 Å². The number of aromatic nitrogens is 3. The standard InChI is InChI=1S/C8H9N5O2/c1-4-2-6-10-3-5(7(14)11-9)8(15)13(6)12-4/h2-3,15H,9H2,1H3,(H,11,14). The minimum absolute atomic E-state index is 0.0203. The Hall–Kier alpha value is -2.15. The van der Waals surface area contributed by atoms with Crippen molar-refractivity contribution in [1.29, 1.82) is 0 Å². The van der Waals surface area contributed by atoms with Gasteiger partial charge in [-0.1, -0.05) is 0 Å². The lowest BCUT2D eigenvalue weighted by Crippen LogP contribution is -2.30. The van der Waals surface area contributed by atoms with Crippen molar-refractivity contribution in [3.63, 3.8) is 0 Å². The van der Waals surface area contributed by atoms with Crippen LogP contribution in [0.5, 0.6) is 5.88 Å². The molecule has 7 nitrogen and oxygen atoms in total. The Morgan fingerprint density at radius 2 is 2.40 bits per heavy atom. The molecule has 0 atom stereocenters. The van der Waals surface area contributed by atoms with Gasteiger partial charge in [-0.25, -0.2) is 10.8 Å². The Balaban J connectivity index is 2.69. The maximum Gasteiger partial charge on any atom is 0.272 e. The van der Waals surface area contributed by atoms with E-state index in [9.17, 15) is 9.90 Å². The smallest absolute Gasteiger partial charge is 0.272 e. The van der Waals surface area contributed by atoms with Crippen LogP contribution in [-0.2, 0) is 0 Å². The number of nitrogen functional groups attached to an aromatic ring is 1. The molecule has 2 aromatic heterocycles. The van der Waals surface area contributed by atoms with E-state index >= 15 is 0 Å². The summed E-state index contributed by atoms with van der Waals surface area (Å²) < 4.78 is 1.18. The van der Waals surface area contributed by atoms with E-state index in [-0.39, 0.29) is 11.4 Å². The van der Waals surface area contributed by atoms with Crippen LogP contribution in [0.4, 0.5) is 0 Å². The SMILES string of the molecule is Cc1cc2ncc(C(=O)NN)c(O)n2n1. The summed E-state index contributed by atoms with van der Waals surface area (Å²) in [5, 5.41) is 13.7. The van der Waals surface area contributed by atoms with E-state index in [4.69, 9.17) is 5.84 Å². The van der Waals surface area contributed by atoms with Gasteiger partial charge >= 0.3 is 0 Å². The Morgan fingerprint density at radius 1 is 1.67 bits per heavy atom. The van der Waals surface area contributed by atoms with Crippen LogP contribution >= 0.6 is 0 Å². The molecule has 4 N–H and O–H groups in total. The van der Waals surface area contributed by atoms with Crippen molar-refractivity contribution in [1.82, 2.24) is 20.0 Å². The van der Waals surface area contributed by atoms with E-state index in [0.29, 0.717) is 11.3 Å². The van der Waals surface area contributed by atoms with Gasteiger partial charge in [0.25, 0.3) is 5.91 Å². The summed E-state index contributed by atoms with van der Waals surface area (Å²) in [7, 11) is 0. The number of amides is 1. The van der Waals surface area contributed by atoms with E-state index < -0.39 is 5.91 Å². The molecule has 0 fully saturated rings. The predicted molar refractivity (Wildman–Crippen MR) is 51.0 cm³/mol. The van der Waals surface area contributed by atoms with Crippen LogP contribution < -0.4 is 11.3 Å². The lowest BCUT2D eigenvalue weighted by atomic mass is 10.3. The number of fused-ring (bicyclic) bond motifs is 1. The average Bonchev–Trinajstić information content (AvgIpc) is 2.59. The zero-order valence-corrected chi connectivity index (χ0v) is 7.93. The number of nitrogens with one attached hydrogen (secondary N) is 1. The number of rotatable bonds is 1. The first-order chi connectivity index (χ1) is 7.13. The van der Waals surface area contributed by atoms with Crippen LogP contribution in [0, 0.1) is 6.92 Å². The van der Waals surface area contributed by atoms with Gasteiger partial charge in [0, 0.05) is 12.3 Å². The molecule has 0 aliphatic rings. The molecule has 2 aromatic rings. The molecule has 0 spiro atoms. The highest BCUT2D eigenvalue weighted by molar-refractivity contribution is 5.95. The largest absolute Gasteiger partial charge is 0.493 e. The van der Waals surface area contributed by atoms with Gasteiger partial charge in [0.05, 0.1) is 5.69 Å². The molecule has 2 rings (SSSR count). The number of aromatic hydroxyl groups is 1. The minimum atomic E-state index is -0.616. The van der Waals surface area contributed by atoms with Crippen LogP contribution in [0.25, 0.3) is 5.65 Å². The quantitative estimate of drug-likeness (QED) is 0.327. The maximum atomic E-state index is 11.2. The minimum Gasteiger partial charge on any atom is -0.493 e. The van der Waals surface area contributed by atoms with Crippen LogP contribution in [0.2, 0.25) is 0 Å². The summed E-state index contributed by atoms with van der Waals surface area (Å²) in [6.45, 7) is 1.76. The number of hydrogen-bond donors (Lipinski definition) is 3. The van der Waals surface area contributed by atoms with Crippen molar-refractivity contribution < 1.29 is 9.90 Å². The molecule has 1 amide bonds. The fourth-order valence-electron chi connectivity index (χ4n) is 1.27.